The molecule has 0 saturated carbocycles. The van der Waals surface area contributed by atoms with E-state index in [4.69, 9.17) is 4.74 Å². The van der Waals surface area contributed by atoms with Gasteiger partial charge in [-0.2, -0.15) is 0 Å². The summed E-state index contributed by atoms with van der Waals surface area (Å²) >= 11 is 0. The van der Waals surface area contributed by atoms with Crippen LogP contribution in [0.5, 0.6) is 0 Å². The Bertz CT molecular complexity index is 434. The minimum atomic E-state index is -0.426. The summed E-state index contributed by atoms with van der Waals surface area (Å²) in [4.78, 5) is 11.7. The molecular weight excluding hydrogens is 188 g/mol. The lowest BCUT2D eigenvalue weighted by molar-refractivity contribution is -0.000786. The van der Waals surface area contributed by atoms with Gasteiger partial charge in [-0.1, -0.05) is 13.0 Å². The number of ether oxygens (including phenoxy) is 1. The van der Waals surface area contributed by atoms with Gasteiger partial charge in [0.05, 0.1) is 5.56 Å². The van der Waals surface area contributed by atoms with Gasteiger partial charge in [-0.05, 0) is 44.4 Å². The van der Waals surface area contributed by atoms with Crippen LogP contribution in [0.25, 0.3) is 0 Å². The lowest BCUT2D eigenvalue weighted by atomic mass is 9.89. The van der Waals surface area contributed by atoms with Gasteiger partial charge in [0.2, 0.25) is 0 Å². The molecule has 0 N–H and O–H groups in total. The van der Waals surface area contributed by atoms with Crippen molar-refractivity contribution in [3.8, 4) is 0 Å². The average molecular weight is 204 g/mol. The van der Waals surface area contributed by atoms with Crippen LogP contribution in [0.4, 0.5) is 0 Å². The summed E-state index contributed by atoms with van der Waals surface area (Å²) in [5, 5.41) is 0. The molecule has 1 aliphatic rings. The predicted octanol–water partition coefficient (Wildman–Crippen LogP) is 3.10. The highest BCUT2D eigenvalue weighted by molar-refractivity contribution is 5.95. The van der Waals surface area contributed by atoms with E-state index in [1.807, 2.05) is 26.8 Å². The Morgan fingerprint density at radius 3 is 2.47 bits per heavy atom. The number of cyclic esters (lactones) is 1. The summed E-state index contributed by atoms with van der Waals surface area (Å²) in [5.74, 6) is -0.183. The summed E-state index contributed by atoms with van der Waals surface area (Å²) in [7, 11) is 0. The summed E-state index contributed by atoms with van der Waals surface area (Å²) in [6.07, 6.45) is 0.814. The van der Waals surface area contributed by atoms with Gasteiger partial charge in [-0.15, -0.1) is 0 Å². The Labute approximate surface area is 90.3 Å². The van der Waals surface area contributed by atoms with Crippen molar-refractivity contribution < 1.29 is 9.53 Å². The molecule has 0 amide bonds. The topological polar surface area (TPSA) is 26.3 Å². The standard InChI is InChI=1S/C13H16O2/c1-5-13(4)11-7-9(3)8(2)6-10(11)12(14)15-13/h6-7H,5H2,1-4H3/t13-/m0/s1. The second-order valence-electron chi connectivity index (χ2n) is 4.46. The van der Waals surface area contributed by atoms with Crippen LogP contribution in [0.2, 0.25) is 0 Å². The van der Waals surface area contributed by atoms with Crippen LogP contribution >= 0.6 is 0 Å². The Kier molecular flexibility index (Phi) is 2.10. The maximum Gasteiger partial charge on any atom is 0.339 e. The predicted molar refractivity (Wildman–Crippen MR) is 59.0 cm³/mol. The largest absolute Gasteiger partial charge is 0.451 e. The highest BCUT2D eigenvalue weighted by atomic mass is 16.6. The van der Waals surface area contributed by atoms with Crippen molar-refractivity contribution in [1.29, 1.82) is 0 Å². The average Bonchev–Trinajstić information content (AvgIpc) is 2.42. The fraction of sp³-hybridized carbons (Fsp3) is 0.462. The second-order valence-corrected chi connectivity index (χ2v) is 4.46. The molecule has 2 rings (SSSR count). The Morgan fingerprint density at radius 2 is 1.87 bits per heavy atom. The lowest BCUT2D eigenvalue weighted by Gasteiger charge is -2.22. The summed E-state index contributed by atoms with van der Waals surface area (Å²) in [6, 6.07) is 4.02. The zero-order chi connectivity index (χ0) is 11.2. The van der Waals surface area contributed by atoms with E-state index < -0.39 is 5.60 Å². The van der Waals surface area contributed by atoms with Crippen molar-refractivity contribution in [2.75, 3.05) is 0 Å². The third-order valence-corrected chi connectivity index (χ3v) is 3.42. The molecule has 15 heavy (non-hydrogen) atoms. The van der Waals surface area contributed by atoms with Crippen molar-refractivity contribution in [2.45, 2.75) is 39.7 Å². The summed E-state index contributed by atoms with van der Waals surface area (Å²) in [6.45, 7) is 8.10. The van der Waals surface area contributed by atoms with Gasteiger partial charge >= 0.3 is 5.97 Å². The fourth-order valence-electron chi connectivity index (χ4n) is 2.00. The van der Waals surface area contributed by atoms with Gasteiger partial charge in [0, 0.05) is 5.56 Å². The number of hydrogen-bond acceptors (Lipinski definition) is 2. The molecular formula is C13H16O2. The van der Waals surface area contributed by atoms with Crippen LogP contribution in [0, 0.1) is 13.8 Å². The number of carbonyl (C=O) groups excluding carboxylic acids is 1. The molecule has 0 saturated heterocycles. The van der Waals surface area contributed by atoms with Crippen molar-refractivity contribution in [3.05, 3.63) is 34.4 Å². The van der Waals surface area contributed by atoms with E-state index in [-0.39, 0.29) is 5.97 Å². The molecule has 2 nitrogen and oxygen atoms in total. The molecule has 1 aliphatic heterocycles. The van der Waals surface area contributed by atoms with Crippen molar-refractivity contribution in [3.63, 3.8) is 0 Å². The number of fused-ring (bicyclic) bond motifs is 1. The Balaban J connectivity index is 2.66. The smallest absolute Gasteiger partial charge is 0.339 e. The Hall–Kier alpha value is -1.31. The van der Waals surface area contributed by atoms with Gasteiger partial charge in [0.15, 0.2) is 0 Å². The molecule has 1 aromatic carbocycles. The van der Waals surface area contributed by atoms with Gasteiger partial charge in [0.25, 0.3) is 0 Å². The molecule has 1 aromatic rings. The van der Waals surface area contributed by atoms with Crippen LogP contribution in [-0.2, 0) is 10.3 Å². The third-order valence-electron chi connectivity index (χ3n) is 3.42. The first kappa shape index (κ1) is 10.2. The second kappa shape index (κ2) is 3.09. The van der Waals surface area contributed by atoms with E-state index in [9.17, 15) is 4.79 Å². The van der Waals surface area contributed by atoms with Gasteiger partial charge in [-0.3, -0.25) is 0 Å². The van der Waals surface area contributed by atoms with Crippen molar-refractivity contribution in [1.82, 2.24) is 0 Å². The van der Waals surface area contributed by atoms with Crippen molar-refractivity contribution in [2.24, 2.45) is 0 Å². The highest BCUT2D eigenvalue weighted by Gasteiger charge is 2.40. The molecule has 0 fully saturated rings. The first-order valence-corrected chi connectivity index (χ1v) is 5.33. The number of esters is 1. The molecule has 0 spiro atoms. The summed E-state index contributed by atoms with van der Waals surface area (Å²) in [5.41, 5.74) is 3.71. The number of hydrogen-bond donors (Lipinski definition) is 0. The van der Waals surface area contributed by atoms with Gasteiger partial charge in [0.1, 0.15) is 5.60 Å². The molecule has 1 heterocycles. The maximum absolute atomic E-state index is 11.7. The quantitative estimate of drug-likeness (QED) is 0.657. The number of benzene rings is 1. The minimum absolute atomic E-state index is 0.183. The highest BCUT2D eigenvalue weighted by Crippen LogP contribution is 2.39. The zero-order valence-corrected chi connectivity index (χ0v) is 9.68. The molecule has 1 atom stereocenters. The van der Waals surface area contributed by atoms with Crippen LogP contribution in [0.15, 0.2) is 12.1 Å². The SMILES string of the molecule is CC[C@]1(C)OC(=O)c2cc(C)c(C)cc21. The maximum atomic E-state index is 11.7. The van der Waals surface area contributed by atoms with E-state index in [0.29, 0.717) is 0 Å². The normalized spacial score (nSPS) is 23.9. The number of rotatable bonds is 1. The van der Waals surface area contributed by atoms with E-state index >= 15 is 0 Å². The van der Waals surface area contributed by atoms with Crippen molar-refractivity contribution >= 4 is 5.97 Å². The number of carbonyl (C=O) groups is 1. The zero-order valence-electron chi connectivity index (χ0n) is 9.68. The molecule has 0 radical (unpaired) electrons. The van der Waals surface area contributed by atoms with Crippen LogP contribution < -0.4 is 0 Å². The third kappa shape index (κ3) is 1.36. The lowest BCUT2D eigenvalue weighted by Crippen LogP contribution is -2.20. The van der Waals surface area contributed by atoms with Gasteiger partial charge < -0.3 is 4.74 Å². The molecule has 80 valence electrons. The number of aryl methyl sites for hydroxylation is 2. The molecule has 2 heteroatoms. The van der Waals surface area contributed by atoms with E-state index in [2.05, 4.69) is 13.0 Å². The van der Waals surface area contributed by atoms with Gasteiger partial charge in [-0.25, -0.2) is 4.79 Å². The minimum Gasteiger partial charge on any atom is -0.451 e. The van der Waals surface area contributed by atoms with Crippen LogP contribution in [0.1, 0.15) is 47.3 Å². The van der Waals surface area contributed by atoms with Crippen LogP contribution in [-0.4, -0.2) is 5.97 Å². The molecule has 0 bridgehead atoms. The van der Waals surface area contributed by atoms with E-state index in [1.165, 1.54) is 5.56 Å². The fourth-order valence-corrected chi connectivity index (χ4v) is 2.00. The molecule has 0 aliphatic carbocycles. The first-order chi connectivity index (χ1) is 6.98. The Morgan fingerprint density at radius 1 is 1.27 bits per heavy atom. The molecule has 0 aromatic heterocycles. The van der Waals surface area contributed by atoms with E-state index in [0.717, 1.165) is 23.1 Å². The molecule has 0 unspecified atom stereocenters. The summed E-state index contributed by atoms with van der Waals surface area (Å²) < 4.78 is 5.44. The van der Waals surface area contributed by atoms with Crippen LogP contribution in [0.3, 0.4) is 0 Å². The monoisotopic (exact) mass is 204 g/mol. The first-order valence-electron chi connectivity index (χ1n) is 5.33. The van der Waals surface area contributed by atoms with E-state index in [1.54, 1.807) is 0 Å².